The minimum absolute atomic E-state index is 0.0542. The van der Waals surface area contributed by atoms with Gasteiger partial charge < -0.3 is 10.2 Å². The molecule has 1 fully saturated rings. The molecule has 2 amide bonds. The quantitative estimate of drug-likeness (QED) is 0.801. The van der Waals surface area contributed by atoms with Crippen LogP contribution in [-0.2, 0) is 22.7 Å². The van der Waals surface area contributed by atoms with Crippen molar-refractivity contribution in [3.05, 3.63) is 64.7 Å². The predicted octanol–water partition coefficient (Wildman–Crippen LogP) is 2.22. The Balaban J connectivity index is 1.67. The van der Waals surface area contributed by atoms with Crippen LogP contribution < -0.4 is 5.32 Å². The Morgan fingerprint density at radius 1 is 1.39 bits per heavy atom. The third-order valence-electron chi connectivity index (χ3n) is 4.75. The van der Waals surface area contributed by atoms with Crippen LogP contribution in [0.4, 0.5) is 4.39 Å². The summed E-state index contributed by atoms with van der Waals surface area (Å²) in [5, 5.41) is 2.86. The SMILES string of the molecule is CN(Cc1cccnc1)C(=O)C[C@@H]1C(=O)NCCN1Cc1ccc(Cl)c(F)c1. The average Bonchev–Trinajstić information content (AvgIpc) is 2.68. The fourth-order valence-electron chi connectivity index (χ4n) is 3.22. The molecule has 1 saturated heterocycles. The average molecular weight is 405 g/mol. The molecule has 0 radical (unpaired) electrons. The number of aromatic nitrogens is 1. The molecule has 2 heterocycles. The molecule has 1 aliphatic rings. The molecule has 6 nitrogen and oxygen atoms in total. The van der Waals surface area contributed by atoms with Gasteiger partial charge in [-0.1, -0.05) is 23.7 Å². The van der Waals surface area contributed by atoms with Crippen LogP contribution in [0.2, 0.25) is 5.02 Å². The van der Waals surface area contributed by atoms with Gasteiger partial charge in [0.25, 0.3) is 0 Å². The number of hydrogen-bond donors (Lipinski definition) is 1. The molecule has 3 rings (SSSR count). The lowest BCUT2D eigenvalue weighted by Gasteiger charge is -2.35. The highest BCUT2D eigenvalue weighted by atomic mass is 35.5. The number of piperazine rings is 1. The van der Waals surface area contributed by atoms with E-state index < -0.39 is 11.9 Å². The normalized spacial score (nSPS) is 17.2. The number of pyridine rings is 1. The number of nitrogens with one attached hydrogen (secondary N) is 1. The van der Waals surface area contributed by atoms with Crippen LogP contribution >= 0.6 is 11.6 Å². The number of carbonyl (C=O) groups excluding carboxylic acids is 2. The van der Waals surface area contributed by atoms with Gasteiger partial charge in [0, 0.05) is 45.6 Å². The summed E-state index contributed by atoms with van der Waals surface area (Å²) in [6, 6.07) is 7.70. The van der Waals surface area contributed by atoms with E-state index in [1.807, 2.05) is 17.0 Å². The Hall–Kier alpha value is -2.51. The van der Waals surface area contributed by atoms with Gasteiger partial charge in [0.2, 0.25) is 11.8 Å². The molecule has 1 aliphatic heterocycles. The highest BCUT2D eigenvalue weighted by molar-refractivity contribution is 6.30. The minimum atomic E-state index is -0.601. The standard InChI is InChI=1S/C20H22ClFN4O2/c1-25(12-15-3-2-6-23-11-15)19(27)10-18-20(28)24-7-8-26(18)13-14-4-5-16(21)17(22)9-14/h2-6,9,11,18H,7-8,10,12-13H2,1H3,(H,24,28)/t18-/m1/s1. The van der Waals surface area contributed by atoms with Crippen LogP contribution in [0, 0.1) is 5.82 Å². The molecule has 8 heteroatoms. The summed E-state index contributed by atoms with van der Waals surface area (Å²) in [6.45, 7) is 1.86. The molecule has 0 spiro atoms. The van der Waals surface area contributed by atoms with Crippen LogP contribution in [0.5, 0.6) is 0 Å². The van der Waals surface area contributed by atoms with E-state index in [9.17, 15) is 14.0 Å². The molecular formula is C20H22ClFN4O2. The van der Waals surface area contributed by atoms with E-state index in [2.05, 4.69) is 10.3 Å². The molecular weight excluding hydrogens is 383 g/mol. The fourth-order valence-corrected chi connectivity index (χ4v) is 3.34. The maximum atomic E-state index is 13.7. The number of rotatable bonds is 6. The zero-order chi connectivity index (χ0) is 20.1. The molecule has 1 aromatic carbocycles. The maximum Gasteiger partial charge on any atom is 0.237 e. The molecule has 0 aliphatic carbocycles. The van der Waals surface area contributed by atoms with Crippen LogP contribution in [-0.4, -0.2) is 52.8 Å². The van der Waals surface area contributed by atoms with Crippen molar-refractivity contribution in [2.45, 2.75) is 25.6 Å². The van der Waals surface area contributed by atoms with E-state index in [0.29, 0.717) is 31.7 Å². The van der Waals surface area contributed by atoms with E-state index in [1.165, 1.54) is 12.1 Å². The van der Waals surface area contributed by atoms with Crippen molar-refractivity contribution < 1.29 is 14.0 Å². The van der Waals surface area contributed by atoms with E-state index in [0.717, 1.165) is 5.56 Å². The zero-order valence-corrected chi connectivity index (χ0v) is 16.3. The minimum Gasteiger partial charge on any atom is -0.353 e. The first-order valence-corrected chi connectivity index (χ1v) is 9.40. The van der Waals surface area contributed by atoms with E-state index >= 15 is 0 Å². The lowest BCUT2D eigenvalue weighted by atomic mass is 10.1. The van der Waals surface area contributed by atoms with Crippen LogP contribution in [0.3, 0.4) is 0 Å². The molecule has 0 saturated carbocycles. The summed E-state index contributed by atoms with van der Waals surface area (Å²) in [6.07, 6.45) is 3.44. The molecule has 1 N–H and O–H groups in total. The van der Waals surface area contributed by atoms with Gasteiger partial charge in [-0.3, -0.25) is 19.5 Å². The molecule has 148 valence electrons. The second kappa shape index (κ2) is 9.12. The third kappa shape index (κ3) is 5.05. The number of benzene rings is 1. The molecule has 1 aromatic heterocycles. The first-order valence-electron chi connectivity index (χ1n) is 9.02. The summed E-state index contributed by atoms with van der Waals surface area (Å²) in [7, 11) is 1.70. The highest BCUT2D eigenvalue weighted by Crippen LogP contribution is 2.19. The first-order chi connectivity index (χ1) is 13.4. The molecule has 28 heavy (non-hydrogen) atoms. The van der Waals surface area contributed by atoms with Crippen molar-refractivity contribution in [2.75, 3.05) is 20.1 Å². The van der Waals surface area contributed by atoms with Gasteiger partial charge in [-0.05, 0) is 29.3 Å². The van der Waals surface area contributed by atoms with Crippen LogP contribution in [0.15, 0.2) is 42.7 Å². The molecule has 0 bridgehead atoms. The Labute approximate surface area is 168 Å². The van der Waals surface area contributed by atoms with E-state index in [4.69, 9.17) is 11.6 Å². The molecule has 1 atom stereocenters. The largest absolute Gasteiger partial charge is 0.353 e. The van der Waals surface area contributed by atoms with Gasteiger partial charge in [0.05, 0.1) is 17.5 Å². The highest BCUT2D eigenvalue weighted by Gasteiger charge is 2.32. The van der Waals surface area contributed by atoms with E-state index in [1.54, 1.807) is 30.4 Å². The number of carbonyl (C=O) groups is 2. The topological polar surface area (TPSA) is 65.5 Å². The van der Waals surface area contributed by atoms with Gasteiger partial charge in [0.1, 0.15) is 5.82 Å². The van der Waals surface area contributed by atoms with Gasteiger partial charge in [-0.2, -0.15) is 0 Å². The van der Waals surface area contributed by atoms with Gasteiger partial charge in [-0.15, -0.1) is 0 Å². The number of halogens is 2. The van der Waals surface area contributed by atoms with Gasteiger partial charge >= 0.3 is 0 Å². The van der Waals surface area contributed by atoms with E-state index in [-0.39, 0.29) is 23.3 Å². The summed E-state index contributed by atoms with van der Waals surface area (Å²) in [5.74, 6) is -0.827. The summed E-state index contributed by atoms with van der Waals surface area (Å²) < 4.78 is 13.7. The van der Waals surface area contributed by atoms with Crippen molar-refractivity contribution >= 4 is 23.4 Å². The smallest absolute Gasteiger partial charge is 0.237 e. The first kappa shape index (κ1) is 20.2. The molecule has 2 aromatic rings. The Bertz CT molecular complexity index is 849. The van der Waals surface area contributed by atoms with Crippen LogP contribution in [0.1, 0.15) is 17.5 Å². The fraction of sp³-hybridized carbons (Fsp3) is 0.350. The maximum absolute atomic E-state index is 13.7. The van der Waals surface area contributed by atoms with Crippen molar-refractivity contribution in [3.8, 4) is 0 Å². The third-order valence-corrected chi connectivity index (χ3v) is 5.05. The number of nitrogens with zero attached hydrogens (tertiary/aromatic N) is 3. The Morgan fingerprint density at radius 3 is 2.93 bits per heavy atom. The second-order valence-electron chi connectivity index (χ2n) is 6.84. The molecule has 0 unspecified atom stereocenters. The Morgan fingerprint density at radius 2 is 2.21 bits per heavy atom. The van der Waals surface area contributed by atoms with Crippen molar-refractivity contribution in [3.63, 3.8) is 0 Å². The monoisotopic (exact) mass is 404 g/mol. The van der Waals surface area contributed by atoms with Crippen LogP contribution in [0.25, 0.3) is 0 Å². The van der Waals surface area contributed by atoms with Crippen molar-refractivity contribution in [1.29, 1.82) is 0 Å². The lowest BCUT2D eigenvalue weighted by Crippen LogP contribution is -2.56. The summed E-state index contributed by atoms with van der Waals surface area (Å²) >= 11 is 5.74. The van der Waals surface area contributed by atoms with Gasteiger partial charge in [-0.25, -0.2) is 4.39 Å². The van der Waals surface area contributed by atoms with Crippen molar-refractivity contribution in [2.24, 2.45) is 0 Å². The van der Waals surface area contributed by atoms with Crippen molar-refractivity contribution in [1.82, 2.24) is 20.1 Å². The lowest BCUT2D eigenvalue weighted by molar-refractivity contribution is -0.138. The summed E-state index contributed by atoms with van der Waals surface area (Å²) in [4.78, 5) is 32.6. The summed E-state index contributed by atoms with van der Waals surface area (Å²) in [5.41, 5.74) is 1.62. The predicted molar refractivity (Wildman–Crippen MR) is 104 cm³/mol. The number of hydrogen-bond acceptors (Lipinski definition) is 4. The number of amides is 2. The second-order valence-corrected chi connectivity index (χ2v) is 7.25. The Kier molecular flexibility index (Phi) is 6.59. The zero-order valence-electron chi connectivity index (χ0n) is 15.6. The van der Waals surface area contributed by atoms with Gasteiger partial charge in [0.15, 0.2) is 0 Å².